The molecule has 7 nitrogen and oxygen atoms in total. The molecule has 0 radical (unpaired) electrons. The third-order valence-electron chi connectivity index (χ3n) is 6.56. The van der Waals surface area contributed by atoms with Crippen molar-refractivity contribution in [2.45, 2.75) is 43.3 Å². The molecule has 5 rings (SSSR count). The van der Waals surface area contributed by atoms with Crippen molar-refractivity contribution in [3.63, 3.8) is 0 Å². The van der Waals surface area contributed by atoms with Gasteiger partial charge in [0, 0.05) is 11.0 Å². The van der Waals surface area contributed by atoms with Crippen LogP contribution < -0.4 is 5.73 Å². The summed E-state index contributed by atoms with van der Waals surface area (Å²) in [6.07, 6.45) is -3.26. The number of halogens is 4. The zero-order chi connectivity index (χ0) is 27.8. The molecular formula is C27H21F4N3O4S. The lowest BCUT2D eigenvalue weighted by Gasteiger charge is -2.14. The second-order valence-electron chi connectivity index (χ2n) is 9.22. The summed E-state index contributed by atoms with van der Waals surface area (Å²) in [4.78, 5) is 39.7. The van der Waals surface area contributed by atoms with Crippen molar-refractivity contribution in [3.05, 3.63) is 83.3 Å². The first-order chi connectivity index (χ1) is 18.6. The molecule has 202 valence electrons. The Balaban J connectivity index is 1.25. The highest BCUT2D eigenvalue weighted by Crippen LogP contribution is 2.53. The van der Waals surface area contributed by atoms with Gasteiger partial charge in [-0.2, -0.15) is 13.2 Å². The van der Waals surface area contributed by atoms with E-state index in [0.717, 1.165) is 18.5 Å². The summed E-state index contributed by atoms with van der Waals surface area (Å²) < 4.78 is 51.4. The van der Waals surface area contributed by atoms with E-state index in [1.807, 2.05) is 30.3 Å². The van der Waals surface area contributed by atoms with E-state index in [1.165, 1.54) is 23.0 Å². The molecule has 1 saturated carbocycles. The van der Waals surface area contributed by atoms with Crippen LogP contribution in [-0.2, 0) is 31.2 Å². The number of thiazole rings is 1. The summed E-state index contributed by atoms with van der Waals surface area (Å²) >= 11 is 1.29. The van der Waals surface area contributed by atoms with Gasteiger partial charge in [0.15, 0.2) is 0 Å². The van der Waals surface area contributed by atoms with Gasteiger partial charge in [0.2, 0.25) is 0 Å². The molecule has 1 aliphatic carbocycles. The zero-order valence-electron chi connectivity index (χ0n) is 20.2. The van der Waals surface area contributed by atoms with E-state index in [2.05, 4.69) is 26.9 Å². The number of alkyl halides is 3. The van der Waals surface area contributed by atoms with Crippen LogP contribution in [0.1, 0.15) is 36.1 Å². The van der Waals surface area contributed by atoms with Crippen LogP contribution in [0, 0.1) is 5.82 Å². The number of carbonyl (C=O) groups is 2. The quantitative estimate of drug-likeness (QED) is 0.184. The van der Waals surface area contributed by atoms with Crippen molar-refractivity contribution in [3.8, 4) is 10.6 Å². The van der Waals surface area contributed by atoms with Crippen LogP contribution in [0.25, 0.3) is 20.9 Å². The van der Waals surface area contributed by atoms with Crippen LogP contribution in [0.2, 0.25) is 0 Å². The monoisotopic (exact) mass is 559 g/mol. The number of fused-ring (bicyclic) bond motifs is 1. The molecule has 0 bridgehead atoms. The Hall–Kier alpha value is -3.90. The predicted molar refractivity (Wildman–Crippen MR) is 134 cm³/mol. The number of hydrogen-bond acceptors (Lipinski definition) is 8. The van der Waals surface area contributed by atoms with Crippen LogP contribution in [0.4, 0.5) is 17.6 Å². The second-order valence-corrected chi connectivity index (χ2v) is 10.2. The Labute approximate surface area is 223 Å². The van der Waals surface area contributed by atoms with Crippen molar-refractivity contribution in [2.24, 2.45) is 5.73 Å². The van der Waals surface area contributed by atoms with Gasteiger partial charge < -0.3 is 5.73 Å². The largest absolute Gasteiger partial charge is 0.495 e. The van der Waals surface area contributed by atoms with Gasteiger partial charge in [0.1, 0.15) is 27.2 Å². The average molecular weight is 560 g/mol. The van der Waals surface area contributed by atoms with Crippen molar-refractivity contribution in [2.75, 3.05) is 0 Å². The van der Waals surface area contributed by atoms with Crippen molar-refractivity contribution >= 4 is 33.6 Å². The van der Waals surface area contributed by atoms with Gasteiger partial charge in [0.05, 0.1) is 5.69 Å². The first-order valence-corrected chi connectivity index (χ1v) is 12.8. The number of aromatic nitrogens is 2. The molecule has 4 aromatic rings. The molecule has 1 atom stereocenters. The molecule has 2 aromatic heterocycles. The van der Waals surface area contributed by atoms with E-state index in [0.29, 0.717) is 20.9 Å². The van der Waals surface area contributed by atoms with Crippen molar-refractivity contribution < 1.29 is 36.9 Å². The molecule has 2 aromatic carbocycles. The summed E-state index contributed by atoms with van der Waals surface area (Å²) in [6.45, 7) is 0. The molecule has 0 saturated heterocycles. The molecule has 1 aliphatic rings. The normalized spacial score (nSPS) is 15.1. The Morgan fingerprint density at radius 2 is 1.77 bits per heavy atom. The fraction of sp³-hybridized carbons (Fsp3) is 0.259. The fourth-order valence-corrected chi connectivity index (χ4v) is 5.25. The van der Waals surface area contributed by atoms with Crippen molar-refractivity contribution in [1.29, 1.82) is 0 Å². The standard InChI is InChI=1S/C27H21F4N3O4S/c28-18-14-15(7-9-19(32)24(35)37-38-25(36)27(29,30)31)6-8-17(18)22-33-20-10-11-21(34-23(20)39-22)26(12-13-26)16-4-2-1-3-5-16/h1-6,8,10-11,14,19H,7,9,12-13,32H2/t19-/m1/s1. The van der Waals surface area contributed by atoms with Gasteiger partial charge in [-0.3, -0.25) is 0 Å². The Bertz CT molecular complexity index is 1540. The van der Waals surface area contributed by atoms with Gasteiger partial charge in [-0.25, -0.2) is 33.7 Å². The summed E-state index contributed by atoms with van der Waals surface area (Å²) in [5.41, 5.74) is 9.13. The van der Waals surface area contributed by atoms with Gasteiger partial charge in [-0.1, -0.05) is 47.7 Å². The molecule has 0 spiro atoms. The maximum atomic E-state index is 15.0. The number of rotatable bonds is 7. The van der Waals surface area contributed by atoms with Gasteiger partial charge in [-0.05, 0) is 61.1 Å². The molecule has 12 heteroatoms. The minimum Gasteiger partial charge on any atom is -0.318 e. The van der Waals surface area contributed by atoms with Crippen LogP contribution in [0.3, 0.4) is 0 Å². The highest BCUT2D eigenvalue weighted by atomic mass is 32.1. The lowest BCUT2D eigenvalue weighted by molar-refractivity contribution is -0.286. The first-order valence-electron chi connectivity index (χ1n) is 11.9. The highest BCUT2D eigenvalue weighted by molar-refractivity contribution is 7.21. The SMILES string of the molecule is N[C@H](CCc1ccc(-c2nc3ccc(C4(c5ccccc5)CC4)nc3s2)c(F)c1)C(=O)OOC(=O)C(F)(F)F. The van der Waals surface area contributed by atoms with Crippen LogP contribution in [0.5, 0.6) is 0 Å². The summed E-state index contributed by atoms with van der Waals surface area (Å²) in [5, 5.41) is 0.468. The Morgan fingerprint density at radius 1 is 1.03 bits per heavy atom. The number of pyridine rings is 1. The van der Waals surface area contributed by atoms with E-state index in [4.69, 9.17) is 10.7 Å². The Morgan fingerprint density at radius 3 is 2.44 bits per heavy atom. The highest BCUT2D eigenvalue weighted by Gasteiger charge is 2.47. The molecule has 39 heavy (non-hydrogen) atoms. The van der Waals surface area contributed by atoms with Crippen LogP contribution in [-0.4, -0.2) is 34.1 Å². The maximum absolute atomic E-state index is 15.0. The summed E-state index contributed by atoms with van der Waals surface area (Å²) in [6, 6.07) is 17.2. The zero-order valence-corrected chi connectivity index (χ0v) is 21.0. The second kappa shape index (κ2) is 10.3. The topological polar surface area (TPSA) is 104 Å². The smallest absolute Gasteiger partial charge is 0.318 e. The molecular weight excluding hydrogens is 538 g/mol. The third kappa shape index (κ3) is 5.62. The molecule has 1 fully saturated rings. The molecule has 0 unspecified atom stereocenters. The Kier molecular flexibility index (Phi) is 7.08. The number of carbonyl (C=O) groups excluding carboxylic acids is 2. The molecule has 2 N–H and O–H groups in total. The van der Waals surface area contributed by atoms with E-state index < -0.39 is 30.0 Å². The van der Waals surface area contributed by atoms with E-state index in [-0.39, 0.29) is 23.8 Å². The molecule has 0 amide bonds. The van der Waals surface area contributed by atoms with Gasteiger partial charge in [0.25, 0.3) is 0 Å². The van der Waals surface area contributed by atoms with Gasteiger partial charge >= 0.3 is 18.1 Å². The summed E-state index contributed by atoms with van der Waals surface area (Å²) in [5.74, 6) is -4.57. The minimum absolute atomic E-state index is 0.0851. The van der Waals surface area contributed by atoms with Crippen molar-refractivity contribution in [1.82, 2.24) is 9.97 Å². The van der Waals surface area contributed by atoms with E-state index in [1.54, 1.807) is 12.1 Å². The number of nitrogens with two attached hydrogens (primary N) is 1. The maximum Gasteiger partial charge on any atom is 0.495 e. The number of benzene rings is 2. The fourth-order valence-electron chi connectivity index (χ4n) is 4.29. The average Bonchev–Trinajstić information content (AvgIpc) is 3.62. The predicted octanol–water partition coefficient (Wildman–Crippen LogP) is 5.40. The first kappa shape index (κ1) is 26.7. The minimum atomic E-state index is -5.31. The van der Waals surface area contributed by atoms with E-state index in [9.17, 15) is 22.8 Å². The van der Waals surface area contributed by atoms with Crippen LogP contribution in [0.15, 0.2) is 60.7 Å². The van der Waals surface area contributed by atoms with Crippen LogP contribution >= 0.6 is 11.3 Å². The molecule has 2 heterocycles. The molecule has 0 aliphatic heterocycles. The third-order valence-corrected chi connectivity index (χ3v) is 7.56. The lowest BCUT2D eigenvalue weighted by atomic mass is 9.92. The van der Waals surface area contributed by atoms with E-state index >= 15 is 4.39 Å². The number of aryl methyl sites for hydroxylation is 1. The summed E-state index contributed by atoms with van der Waals surface area (Å²) in [7, 11) is 0. The number of nitrogens with zero attached hydrogens (tertiary/aromatic N) is 2. The number of hydrogen-bond donors (Lipinski definition) is 1. The lowest BCUT2D eigenvalue weighted by Crippen LogP contribution is -2.35. The van der Waals surface area contributed by atoms with Gasteiger partial charge in [-0.15, -0.1) is 0 Å².